The number of rotatable bonds is 4. The zero-order valence-corrected chi connectivity index (χ0v) is 20.1. The quantitative estimate of drug-likeness (QED) is 0.568. The molecule has 0 bridgehead atoms. The third-order valence-electron chi connectivity index (χ3n) is 5.70. The second-order valence-corrected chi connectivity index (χ2v) is 8.50. The van der Waals surface area contributed by atoms with E-state index in [9.17, 15) is 31.1 Å². The van der Waals surface area contributed by atoms with Crippen molar-refractivity contribution in [2.75, 3.05) is 33.7 Å². The average Bonchev–Trinajstić information content (AvgIpc) is 3.39. The molecule has 2 saturated heterocycles. The van der Waals surface area contributed by atoms with Crippen LogP contribution in [0.4, 0.5) is 26.3 Å². The van der Waals surface area contributed by atoms with Gasteiger partial charge in [0.15, 0.2) is 0 Å². The van der Waals surface area contributed by atoms with Crippen LogP contribution in [-0.4, -0.2) is 101 Å². The Kier molecular flexibility index (Phi) is 10.8. The van der Waals surface area contributed by atoms with Crippen LogP contribution in [0.3, 0.4) is 0 Å². The Labute approximate surface area is 203 Å². The number of furan rings is 1. The number of hydrogen-bond donors (Lipinski definition) is 2. The summed E-state index contributed by atoms with van der Waals surface area (Å²) in [5.74, 6) is -3.22. The number of aliphatic carboxylic acids is 2. The number of halogens is 6. The van der Waals surface area contributed by atoms with E-state index in [1.807, 2.05) is 21.0 Å². The lowest BCUT2D eigenvalue weighted by molar-refractivity contribution is -0.193. The van der Waals surface area contributed by atoms with E-state index in [4.69, 9.17) is 24.2 Å². The van der Waals surface area contributed by atoms with Gasteiger partial charge in [-0.05, 0) is 38.3 Å². The van der Waals surface area contributed by atoms with Crippen LogP contribution in [0.1, 0.15) is 29.9 Å². The van der Waals surface area contributed by atoms with Crippen LogP contribution in [0.5, 0.6) is 0 Å². The van der Waals surface area contributed by atoms with Crippen molar-refractivity contribution in [3.8, 4) is 0 Å². The maximum atomic E-state index is 12.0. The number of carboxylic acid groups (broad SMARTS) is 2. The van der Waals surface area contributed by atoms with Gasteiger partial charge in [0.05, 0.1) is 13.1 Å². The van der Waals surface area contributed by atoms with Crippen molar-refractivity contribution < 1.29 is 55.4 Å². The monoisotopic (exact) mass is 533 g/mol. The highest BCUT2D eigenvalue weighted by atomic mass is 19.4. The molecule has 2 atom stereocenters. The van der Waals surface area contributed by atoms with Crippen molar-refractivity contribution in [3.05, 3.63) is 23.2 Å². The van der Waals surface area contributed by atoms with Gasteiger partial charge in [-0.25, -0.2) is 9.59 Å². The molecule has 15 heteroatoms. The second-order valence-electron chi connectivity index (χ2n) is 8.50. The number of carbonyl (C=O) groups excluding carboxylic acids is 1. The van der Waals surface area contributed by atoms with Gasteiger partial charge >= 0.3 is 24.3 Å². The zero-order valence-electron chi connectivity index (χ0n) is 20.1. The molecule has 0 unspecified atom stereocenters. The van der Waals surface area contributed by atoms with E-state index >= 15 is 0 Å². The summed E-state index contributed by atoms with van der Waals surface area (Å²) in [7, 11) is 3.66. The number of hydrogen-bond acceptors (Lipinski definition) is 6. The largest absolute Gasteiger partial charge is 0.490 e. The van der Waals surface area contributed by atoms with Gasteiger partial charge in [-0.3, -0.25) is 14.6 Å². The summed E-state index contributed by atoms with van der Waals surface area (Å²) in [6.07, 6.45) is -7.85. The number of likely N-dealkylation sites (N-methyl/N-ethyl adjacent to an activating group) is 1. The van der Waals surface area contributed by atoms with Crippen LogP contribution in [0.15, 0.2) is 10.5 Å². The molecule has 3 rings (SSSR count). The van der Waals surface area contributed by atoms with E-state index in [2.05, 4.69) is 22.8 Å². The summed E-state index contributed by atoms with van der Waals surface area (Å²) in [5, 5.41) is 14.2. The molecule has 0 saturated carbocycles. The van der Waals surface area contributed by atoms with E-state index in [0.29, 0.717) is 18.6 Å². The molecule has 36 heavy (non-hydrogen) atoms. The fraction of sp³-hybridized carbons (Fsp3) is 0.667. The average molecular weight is 533 g/mol. The molecular formula is C21H29F6N3O6. The zero-order chi connectivity index (χ0) is 28.0. The number of aryl methyl sites for hydroxylation is 2. The normalized spacial score (nSPS) is 20.1. The molecule has 2 aliphatic rings. The Balaban J connectivity index is 0.000000383. The molecule has 1 amide bonds. The minimum atomic E-state index is -5.08. The van der Waals surface area contributed by atoms with Crippen molar-refractivity contribution in [1.82, 2.24) is 14.7 Å². The summed E-state index contributed by atoms with van der Waals surface area (Å²) in [5.41, 5.74) is 1.23. The molecule has 2 aliphatic heterocycles. The Morgan fingerprint density at radius 3 is 1.72 bits per heavy atom. The predicted octanol–water partition coefficient (Wildman–Crippen LogP) is 2.90. The number of carboxylic acids is 2. The lowest BCUT2D eigenvalue weighted by Gasteiger charge is -2.25. The highest BCUT2D eigenvalue weighted by molar-refractivity contribution is 5.77. The lowest BCUT2D eigenvalue weighted by Crippen LogP contribution is -2.41. The third-order valence-corrected chi connectivity index (χ3v) is 5.70. The first-order chi connectivity index (χ1) is 16.3. The van der Waals surface area contributed by atoms with Crippen LogP contribution in [0, 0.1) is 13.8 Å². The SMILES string of the molecule is Cc1cc(CN2CC[C@H]3[C@H]2CCN3CC(=O)N(C)C)oc1C.O=C(O)C(F)(F)F.O=C(O)C(F)(F)F. The molecule has 0 aromatic carbocycles. The van der Waals surface area contributed by atoms with Crippen LogP contribution in [0.25, 0.3) is 0 Å². The first-order valence-electron chi connectivity index (χ1n) is 10.7. The number of likely N-dealkylation sites (tertiary alicyclic amines) is 2. The minimum absolute atomic E-state index is 0.205. The smallest absolute Gasteiger partial charge is 0.475 e. The van der Waals surface area contributed by atoms with Gasteiger partial charge in [0.25, 0.3) is 0 Å². The Bertz CT molecular complexity index is 871. The van der Waals surface area contributed by atoms with Crippen molar-refractivity contribution in [3.63, 3.8) is 0 Å². The summed E-state index contributed by atoms with van der Waals surface area (Å²) in [6.45, 7) is 7.70. The molecule has 2 N–H and O–H groups in total. The standard InChI is InChI=1S/C17H27N3O2.2C2HF3O2/c1-12-9-14(22-13(12)2)10-19-7-5-16-15(19)6-8-20(16)11-17(21)18(3)4;2*3-2(4,5)1(6)7/h9,15-16H,5-8,10-11H2,1-4H3;2*(H,6,7)/t15-,16+;;/m1../s1. The van der Waals surface area contributed by atoms with Crippen molar-refractivity contribution in [2.24, 2.45) is 0 Å². The molecule has 3 heterocycles. The molecule has 0 aliphatic carbocycles. The maximum Gasteiger partial charge on any atom is 0.490 e. The van der Waals surface area contributed by atoms with E-state index in [1.165, 1.54) is 5.56 Å². The van der Waals surface area contributed by atoms with Crippen LogP contribution in [-0.2, 0) is 20.9 Å². The molecule has 2 fully saturated rings. The number of nitrogens with zero attached hydrogens (tertiary/aromatic N) is 3. The fourth-order valence-electron chi connectivity index (χ4n) is 3.80. The number of amides is 1. The van der Waals surface area contributed by atoms with E-state index in [0.717, 1.165) is 44.0 Å². The Hall–Kier alpha value is -2.81. The van der Waals surface area contributed by atoms with Crippen molar-refractivity contribution >= 4 is 17.8 Å². The molecule has 9 nitrogen and oxygen atoms in total. The van der Waals surface area contributed by atoms with Crippen LogP contribution < -0.4 is 0 Å². The number of fused-ring (bicyclic) bond motifs is 1. The summed E-state index contributed by atoms with van der Waals surface area (Å²) in [4.78, 5) is 36.3. The van der Waals surface area contributed by atoms with Gasteiger partial charge in [-0.15, -0.1) is 0 Å². The lowest BCUT2D eigenvalue weighted by atomic mass is 10.1. The van der Waals surface area contributed by atoms with Crippen LogP contribution >= 0.6 is 0 Å². The number of alkyl halides is 6. The summed E-state index contributed by atoms with van der Waals surface area (Å²) < 4.78 is 69.3. The molecule has 206 valence electrons. The van der Waals surface area contributed by atoms with E-state index < -0.39 is 24.3 Å². The first-order valence-corrected chi connectivity index (χ1v) is 10.7. The molecule has 0 spiro atoms. The topological polar surface area (TPSA) is 115 Å². The Morgan fingerprint density at radius 2 is 1.36 bits per heavy atom. The van der Waals surface area contributed by atoms with Crippen molar-refractivity contribution in [2.45, 2.75) is 57.7 Å². The second kappa shape index (κ2) is 12.4. The molecule has 0 radical (unpaired) electrons. The van der Waals surface area contributed by atoms with Gasteiger partial charge in [-0.1, -0.05) is 0 Å². The predicted molar refractivity (Wildman–Crippen MR) is 113 cm³/mol. The fourth-order valence-corrected chi connectivity index (χ4v) is 3.80. The van der Waals surface area contributed by atoms with Crippen molar-refractivity contribution in [1.29, 1.82) is 0 Å². The summed E-state index contributed by atoms with van der Waals surface area (Å²) >= 11 is 0. The van der Waals surface area contributed by atoms with Gasteiger partial charge in [0.1, 0.15) is 11.5 Å². The third kappa shape index (κ3) is 9.33. The van der Waals surface area contributed by atoms with Gasteiger partial charge in [-0.2, -0.15) is 26.3 Å². The number of carbonyl (C=O) groups is 3. The minimum Gasteiger partial charge on any atom is -0.475 e. The van der Waals surface area contributed by atoms with E-state index in [1.54, 1.807) is 4.90 Å². The van der Waals surface area contributed by atoms with Crippen LogP contribution in [0.2, 0.25) is 0 Å². The highest BCUT2D eigenvalue weighted by Gasteiger charge is 2.43. The van der Waals surface area contributed by atoms with Gasteiger partial charge < -0.3 is 19.5 Å². The Morgan fingerprint density at radius 1 is 0.944 bits per heavy atom. The van der Waals surface area contributed by atoms with E-state index in [-0.39, 0.29) is 5.91 Å². The van der Waals surface area contributed by atoms with Gasteiger partial charge in [0.2, 0.25) is 5.91 Å². The molecule has 1 aromatic rings. The first kappa shape index (κ1) is 31.2. The highest BCUT2D eigenvalue weighted by Crippen LogP contribution is 2.33. The maximum absolute atomic E-state index is 12.0. The molecule has 1 aromatic heterocycles. The summed E-state index contributed by atoms with van der Waals surface area (Å²) in [6, 6.07) is 3.26. The molecular weight excluding hydrogens is 504 g/mol. The van der Waals surface area contributed by atoms with Gasteiger partial charge in [0, 0.05) is 39.3 Å².